The zero-order valence-corrected chi connectivity index (χ0v) is 17.3. The summed E-state index contributed by atoms with van der Waals surface area (Å²) in [5, 5.41) is 5.24. The Morgan fingerprint density at radius 2 is 1.93 bits per heavy atom. The van der Waals surface area contributed by atoms with Gasteiger partial charge in [0, 0.05) is 5.38 Å². The van der Waals surface area contributed by atoms with Crippen molar-refractivity contribution in [1.82, 2.24) is 10.3 Å². The van der Waals surface area contributed by atoms with Gasteiger partial charge in [0.25, 0.3) is 0 Å². The molecule has 0 saturated carbocycles. The van der Waals surface area contributed by atoms with Crippen molar-refractivity contribution in [2.45, 2.75) is 39.1 Å². The molecular formula is C22H21F3N2O2S. The Bertz CT molecular complexity index is 1000. The number of aryl methyl sites for hydroxylation is 1. The standard InChI is InChI=1S/C22H21F3N2O2S/c1-14-6-8-19(9-7-14)29-12-21-27-18(13-30-21)11-20(28)26-15(2)16-4-3-5-17(10-16)22(23,24)25/h3-10,13,15H,11-12H2,1-2H3,(H,26,28). The number of carbonyl (C=O) groups is 1. The fourth-order valence-corrected chi connectivity index (χ4v) is 3.51. The number of alkyl halides is 3. The first-order valence-corrected chi connectivity index (χ1v) is 10.2. The van der Waals surface area contributed by atoms with Gasteiger partial charge < -0.3 is 10.1 Å². The van der Waals surface area contributed by atoms with Crippen LogP contribution in [-0.4, -0.2) is 10.9 Å². The van der Waals surface area contributed by atoms with Crippen molar-refractivity contribution in [1.29, 1.82) is 0 Å². The molecule has 158 valence electrons. The van der Waals surface area contributed by atoms with Gasteiger partial charge >= 0.3 is 6.18 Å². The summed E-state index contributed by atoms with van der Waals surface area (Å²) in [5.41, 5.74) is 1.39. The predicted octanol–water partition coefficient (Wildman–Crippen LogP) is 5.47. The second-order valence-electron chi connectivity index (χ2n) is 6.92. The molecule has 0 aliphatic heterocycles. The molecule has 8 heteroatoms. The lowest BCUT2D eigenvalue weighted by Gasteiger charge is -2.16. The number of rotatable bonds is 7. The predicted molar refractivity (Wildman–Crippen MR) is 109 cm³/mol. The molecule has 1 amide bonds. The molecule has 1 heterocycles. The van der Waals surface area contributed by atoms with Crippen LogP contribution in [0.25, 0.3) is 0 Å². The maximum absolute atomic E-state index is 12.9. The number of nitrogens with one attached hydrogen (secondary N) is 1. The number of aromatic nitrogens is 1. The van der Waals surface area contributed by atoms with Crippen molar-refractivity contribution in [2.75, 3.05) is 0 Å². The number of amides is 1. The monoisotopic (exact) mass is 434 g/mol. The third kappa shape index (κ3) is 6.06. The van der Waals surface area contributed by atoms with Gasteiger partial charge in [-0.25, -0.2) is 4.98 Å². The molecule has 30 heavy (non-hydrogen) atoms. The van der Waals surface area contributed by atoms with Gasteiger partial charge in [0.1, 0.15) is 17.4 Å². The average Bonchev–Trinajstić information content (AvgIpc) is 3.14. The summed E-state index contributed by atoms with van der Waals surface area (Å²) in [6.07, 6.45) is -4.37. The number of benzene rings is 2. The van der Waals surface area contributed by atoms with Gasteiger partial charge in [0.2, 0.25) is 5.91 Å². The lowest BCUT2D eigenvalue weighted by molar-refractivity contribution is -0.137. The van der Waals surface area contributed by atoms with Crippen LogP contribution in [0.15, 0.2) is 53.9 Å². The third-order valence-corrected chi connectivity index (χ3v) is 5.29. The van der Waals surface area contributed by atoms with Gasteiger partial charge in [-0.1, -0.05) is 29.8 Å². The van der Waals surface area contributed by atoms with E-state index in [0.717, 1.165) is 28.5 Å². The van der Waals surface area contributed by atoms with Gasteiger partial charge in [-0.05, 0) is 43.7 Å². The van der Waals surface area contributed by atoms with Crippen molar-refractivity contribution >= 4 is 17.2 Å². The Morgan fingerprint density at radius 1 is 1.20 bits per heavy atom. The molecule has 0 saturated heterocycles. The van der Waals surface area contributed by atoms with Crippen LogP contribution in [0, 0.1) is 6.92 Å². The molecule has 1 N–H and O–H groups in total. The average molecular weight is 434 g/mol. The van der Waals surface area contributed by atoms with Crippen LogP contribution in [0.2, 0.25) is 0 Å². The molecule has 4 nitrogen and oxygen atoms in total. The fourth-order valence-electron chi connectivity index (χ4n) is 2.80. The van der Waals surface area contributed by atoms with Gasteiger partial charge in [0.05, 0.1) is 23.7 Å². The Labute approximate surface area is 176 Å². The molecule has 0 radical (unpaired) electrons. The minimum Gasteiger partial charge on any atom is -0.486 e. The minimum atomic E-state index is -4.42. The molecule has 1 aromatic heterocycles. The van der Waals surface area contributed by atoms with Crippen molar-refractivity contribution in [3.63, 3.8) is 0 Å². The number of hydrogen-bond acceptors (Lipinski definition) is 4. The summed E-state index contributed by atoms with van der Waals surface area (Å²) in [6.45, 7) is 3.95. The van der Waals surface area contributed by atoms with Crippen LogP contribution in [0.4, 0.5) is 13.2 Å². The number of hydrogen-bond donors (Lipinski definition) is 1. The Morgan fingerprint density at radius 3 is 2.63 bits per heavy atom. The van der Waals surface area contributed by atoms with E-state index in [2.05, 4.69) is 10.3 Å². The lowest BCUT2D eigenvalue weighted by Crippen LogP contribution is -2.28. The van der Waals surface area contributed by atoms with Gasteiger partial charge in [-0.15, -0.1) is 11.3 Å². The first-order valence-electron chi connectivity index (χ1n) is 9.30. The maximum atomic E-state index is 12.9. The molecular weight excluding hydrogens is 413 g/mol. The largest absolute Gasteiger partial charge is 0.486 e. The molecule has 0 aliphatic rings. The summed E-state index contributed by atoms with van der Waals surface area (Å²) in [6, 6.07) is 12.1. The summed E-state index contributed by atoms with van der Waals surface area (Å²) < 4.78 is 44.3. The zero-order chi connectivity index (χ0) is 21.7. The zero-order valence-electron chi connectivity index (χ0n) is 16.5. The van der Waals surface area contributed by atoms with Gasteiger partial charge in [0.15, 0.2) is 0 Å². The van der Waals surface area contributed by atoms with Crippen LogP contribution >= 0.6 is 11.3 Å². The SMILES string of the molecule is Cc1ccc(OCc2nc(CC(=O)NC(C)c3cccc(C(F)(F)F)c3)cs2)cc1. The maximum Gasteiger partial charge on any atom is 0.416 e. The van der Waals surface area contributed by atoms with Crippen LogP contribution < -0.4 is 10.1 Å². The third-order valence-electron chi connectivity index (χ3n) is 4.42. The van der Waals surface area contributed by atoms with E-state index in [9.17, 15) is 18.0 Å². The highest BCUT2D eigenvalue weighted by Gasteiger charge is 2.30. The smallest absolute Gasteiger partial charge is 0.416 e. The second kappa shape index (κ2) is 9.30. The van der Waals surface area contributed by atoms with E-state index in [1.807, 2.05) is 31.2 Å². The van der Waals surface area contributed by atoms with E-state index in [-0.39, 0.29) is 12.3 Å². The number of thiazole rings is 1. The highest BCUT2D eigenvalue weighted by molar-refractivity contribution is 7.09. The topological polar surface area (TPSA) is 51.2 Å². The first-order chi connectivity index (χ1) is 14.2. The molecule has 0 aliphatic carbocycles. The van der Waals surface area contributed by atoms with E-state index >= 15 is 0 Å². The summed E-state index contributed by atoms with van der Waals surface area (Å²) in [7, 11) is 0. The van der Waals surface area contributed by atoms with Crippen molar-refractivity contribution < 1.29 is 22.7 Å². The normalized spacial score (nSPS) is 12.4. The Hall–Kier alpha value is -2.87. The van der Waals surface area contributed by atoms with Gasteiger partial charge in [-0.2, -0.15) is 13.2 Å². The van der Waals surface area contributed by atoms with E-state index < -0.39 is 17.8 Å². The molecule has 1 atom stereocenters. The Balaban J connectivity index is 1.53. The Kier molecular flexibility index (Phi) is 6.77. The first kappa shape index (κ1) is 21.8. The van der Waals surface area contributed by atoms with E-state index in [1.165, 1.54) is 17.4 Å². The van der Waals surface area contributed by atoms with E-state index in [4.69, 9.17) is 4.74 Å². The number of ether oxygens (including phenoxy) is 1. The number of nitrogens with zero attached hydrogens (tertiary/aromatic N) is 1. The van der Waals surface area contributed by atoms with Crippen molar-refractivity contribution in [3.8, 4) is 5.75 Å². The summed E-state index contributed by atoms with van der Waals surface area (Å²) in [5.74, 6) is 0.432. The number of halogens is 3. The van der Waals surface area contributed by atoms with Crippen LogP contribution in [-0.2, 0) is 24.0 Å². The fraction of sp³-hybridized carbons (Fsp3) is 0.273. The summed E-state index contributed by atoms with van der Waals surface area (Å²) in [4.78, 5) is 16.7. The minimum absolute atomic E-state index is 0.0460. The van der Waals surface area contributed by atoms with Gasteiger partial charge in [-0.3, -0.25) is 4.79 Å². The lowest BCUT2D eigenvalue weighted by atomic mass is 10.0. The van der Waals surface area contributed by atoms with Crippen LogP contribution in [0.3, 0.4) is 0 Å². The quantitative estimate of drug-likeness (QED) is 0.537. The van der Waals surface area contributed by atoms with E-state index in [0.29, 0.717) is 17.9 Å². The highest BCUT2D eigenvalue weighted by atomic mass is 32.1. The number of carbonyl (C=O) groups excluding carboxylic acids is 1. The highest BCUT2D eigenvalue weighted by Crippen LogP contribution is 2.30. The molecule has 0 spiro atoms. The molecule has 2 aromatic carbocycles. The van der Waals surface area contributed by atoms with Crippen molar-refractivity contribution in [2.24, 2.45) is 0 Å². The molecule has 3 aromatic rings. The van der Waals surface area contributed by atoms with E-state index in [1.54, 1.807) is 18.4 Å². The molecule has 0 bridgehead atoms. The second-order valence-corrected chi connectivity index (χ2v) is 7.87. The molecule has 3 rings (SSSR count). The molecule has 1 unspecified atom stereocenters. The molecule has 0 fully saturated rings. The van der Waals surface area contributed by atoms with Crippen molar-refractivity contribution in [3.05, 3.63) is 81.3 Å². The van der Waals surface area contributed by atoms with Crippen LogP contribution in [0.1, 0.15) is 40.4 Å². The summed E-state index contributed by atoms with van der Waals surface area (Å²) >= 11 is 1.39. The van der Waals surface area contributed by atoms with Crippen LogP contribution in [0.5, 0.6) is 5.75 Å².